The summed E-state index contributed by atoms with van der Waals surface area (Å²) in [5.74, 6) is 0.917. The molecule has 0 N–H and O–H groups in total. The first kappa shape index (κ1) is 14.9. The van der Waals surface area contributed by atoms with E-state index in [0.29, 0.717) is 6.04 Å². The average Bonchev–Trinajstić information content (AvgIpc) is 2.62. The van der Waals surface area contributed by atoms with Crippen LogP contribution in [0.3, 0.4) is 0 Å². The van der Waals surface area contributed by atoms with Crippen LogP contribution in [0.15, 0.2) is 54.6 Å². The van der Waals surface area contributed by atoms with Crippen LogP contribution in [-0.4, -0.2) is 38.2 Å². The predicted molar refractivity (Wildman–Crippen MR) is 91.6 cm³/mol. The molecule has 3 heteroatoms. The minimum Gasteiger partial charge on any atom is -0.497 e. The van der Waals surface area contributed by atoms with Crippen molar-refractivity contribution in [3.63, 3.8) is 0 Å². The Labute approximate surface area is 133 Å². The Morgan fingerprint density at radius 2 is 1.50 bits per heavy atom. The highest BCUT2D eigenvalue weighted by molar-refractivity contribution is 5.49. The van der Waals surface area contributed by atoms with Gasteiger partial charge in [0.1, 0.15) is 5.75 Å². The highest BCUT2D eigenvalue weighted by Crippen LogP contribution is 2.24. The second-order valence-electron chi connectivity index (χ2n) is 5.81. The lowest BCUT2D eigenvalue weighted by atomic mass is 10.1. The molecule has 1 atom stereocenters. The Bertz CT molecular complexity index is 574. The van der Waals surface area contributed by atoms with E-state index in [0.717, 1.165) is 31.9 Å². The molecule has 22 heavy (non-hydrogen) atoms. The molecule has 2 aromatic carbocycles. The molecule has 0 aromatic heterocycles. The molecule has 1 heterocycles. The summed E-state index contributed by atoms with van der Waals surface area (Å²) in [7, 11) is 1.71. The Balaban J connectivity index is 1.60. The number of ether oxygens (including phenoxy) is 1. The summed E-state index contributed by atoms with van der Waals surface area (Å²) in [4.78, 5) is 5.02. The van der Waals surface area contributed by atoms with Crippen LogP contribution in [0.25, 0.3) is 0 Å². The Morgan fingerprint density at radius 1 is 0.864 bits per heavy atom. The monoisotopic (exact) mass is 296 g/mol. The van der Waals surface area contributed by atoms with Crippen LogP contribution in [0, 0.1) is 0 Å². The summed E-state index contributed by atoms with van der Waals surface area (Å²) in [6, 6.07) is 19.6. The molecule has 1 aliphatic rings. The van der Waals surface area contributed by atoms with Gasteiger partial charge in [-0.15, -0.1) is 0 Å². The molecular weight excluding hydrogens is 272 g/mol. The third-order valence-electron chi connectivity index (χ3n) is 4.58. The van der Waals surface area contributed by atoms with Gasteiger partial charge in [-0.1, -0.05) is 30.3 Å². The van der Waals surface area contributed by atoms with Crippen LogP contribution in [0.2, 0.25) is 0 Å². The summed E-state index contributed by atoms with van der Waals surface area (Å²) < 4.78 is 5.23. The van der Waals surface area contributed by atoms with Gasteiger partial charge in [-0.05, 0) is 36.8 Å². The topological polar surface area (TPSA) is 15.7 Å². The number of methoxy groups -OCH3 is 1. The van der Waals surface area contributed by atoms with Gasteiger partial charge in [0.15, 0.2) is 0 Å². The SMILES string of the molecule is COc1ccc(N2CCN(C(C)c3ccccc3)CC2)cc1. The number of rotatable bonds is 4. The van der Waals surface area contributed by atoms with E-state index in [1.165, 1.54) is 11.3 Å². The van der Waals surface area contributed by atoms with E-state index in [1.807, 2.05) is 12.1 Å². The number of piperazine rings is 1. The van der Waals surface area contributed by atoms with Crippen molar-refractivity contribution in [2.75, 3.05) is 38.2 Å². The molecule has 1 saturated heterocycles. The molecule has 2 aromatic rings. The number of hydrogen-bond donors (Lipinski definition) is 0. The molecule has 0 radical (unpaired) electrons. The fraction of sp³-hybridized carbons (Fsp3) is 0.368. The smallest absolute Gasteiger partial charge is 0.119 e. The molecule has 1 unspecified atom stereocenters. The van der Waals surface area contributed by atoms with Gasteiger partial charge >= 0.3 is 0 Å². The molecule has 3 rings (SSSR count). The van der Waals surface area contributed by atoms with Gasteiger partial charge in [0.25, 0.3) is 0 Å². The third kappa shape index (κ3) is 3.25. The molecular formula is C19H24N2O. The van der Waals surface area contributed by atoms with E-state index < -0.39 is 0 Å². The van der Waals surface area contributed by atoms with Crippen LogP contribution in [0.5, 0.6) is 5.75 Å². The van der Waals surface area contributed by atoms with Gasteiger partial charge in [0, 0.05) is 37.9 Å². The number of benzene rings is 2. The molecule has 116 valence electrons. The minimum atomic E-state index is 0.485. The molecule has 1 aliphatic heterocycles. The van der Waals surface area contributed by atoms with Crippen molar-refractivity contribution in [3.8, 4) is 5.75 Å². The quantitative estimate of drug-likeness (QED) is 0.857. The van der Waals surface area contributed by atoms with Crippen molar-refractivity contribution < 1.29 is 4.74 Å². The molecule has 0 aliphatic carbocycles. The Hall–Kier alpha value is -2.00. The number of anilines is 1. The molecule has 0 amide bonds. The summed E-state index contributed by atoms with van der Waals surface area (Å²) in [5, 5.41) is 0. The zero-order valence-electron chi connectivity index (χ0n) is 13.4. The van der Waals surface area contributed by atoms with E-state index in [4.69, 9.17) is 4.74 Å². The zero-order valence-corrected chi connectivity index (χ0v) is 13.4. The van der Waals surface area contributed by atoms with E-state index in [1.54, 1.807) is 7.11 Å². The second kappa shape index (κ2) is 6.84. The van der Waals surface area contributed by atoms with Gasteiger partial charge in [-0.2, -0.15) is 0 Å². The summed E-state index contributed by atoms with van der Waals surface area (Å²) in [5.41, 5.74) is 2.69. The lowest BCUT2D eigenvalue weighted by Crippen LogP contribution is -2.47. The van der Waals surface area contributed by atoms with E-state index >= 15 is 0 Å². The highest BCUT2D eigenvalue weighted by atomic mass is 16.5. The number of hydrogen-bond acceptors (Lipinski definition) is 3. The van der Waals surface area contributed by atoms with E-state index in [9.17, 15) is 0 Å². The van der Waals surface area contributed by atoms with Crippen LogP contribution in [0.4, 0.5) is 5.69 Å². The van der Waals surface area contributed by atoms with Crippen LogP contribution < -0.4 is 9.64 Å². The Kier molecular flexibility index (Phi) is 4.64. The zero-order chi connectivity index (χ0) is 15.4. The third-order valence-corrected chi connectivity index (χ3v) is 4.58. The normalized spacial score (nSPS) is 17.3. The fourth-order valence-electron chi connectivity index (χ4n) is 3.10. The summed E-state index contributed by atoms with van der Waals surface area (Å²) in [6.07, 6.45) is 0. The van der Waals surface area contributed by atoms with Crippen molar-refractivity contribution >= 4 is 5.69 Å². The minimum absolute atomic E-state index is 0.485. The first-order valence-corrected chi connectivity index (χ1v) is 7.96. The molecule has 1 fully saturated rings. The van der Waals surface area contributed by atoms with Crippen LogP contribution in [0.1, 0.15) is 18.5 Å². The maximum Gasteiger partial charge on any atom is 0.119 e. The largest absolute Gasteiger partial charge is 0.497 e. The lowest BCUT2D eigenvalue weighted by molar-refractivity contribution is 0.198. The second-order valence-corrected chi connectivity index (χ2v) is 5.81. The number of nitrogens with zero attached hydrogens (tertiary/aromatic N) is 2. The van der Waals surface area contributed by atoms with Gasteiger partial charge in [-0.25, -0.2) is 0 Å². The van der Waals surface area contributed by atoms with Gasteiger partial charge in [-0.3, -0.25) is 4.90 Å². The van der Waals surface area contributed by atoms with Gasteiger partial charge in [0.2, 0.25) is 0 Å². The predicted octanol–water partition coefficient (Wildman–Crippen LogP) is 3.58. The van der Waals surface area contributed by atoms with Crippen LogP contribution >= 0.6 is 0 Å². The first-order chi connectivity index (χ1) is 10.8. The molecule has 0 saturated carbocycles. The highest BCUT2D eigenvalue weighted by Gasteiger charge is 2.22. The molecule has 0 spiro atoms. The van der Waals surface area contributed by atoms with E-state index in [2.05, 4.69) is 59.2 Å². The van der Waals surface area contributed by atoms with E-state index in [-0.39, 0.29) is 0 Å². The Morgan fingerprint density at radius 3 is 2.09 bits per heavy atom. The van der Waals surface area contributed by atoms with Gasteiger partial charge < -0.3 is 9.64 Å². The van der Waals surface area contributed by atoms with Crippen molar-refractivity contribution in [3.05, 3.63) is 60.2 Å². The summed E-state index contributed by atoms with van der Waals surface area (Å²) >= 11 is 0. The fourth-order valence-corrected chi connectivity index (χ4v) is 3.10. The van der Waals surface area contributed by atoms with Gasteiger partial charge in [0.05, 0.1) is 7.11 Å². The van der Waals surface area contributed by atoms with Crippen molar-refractivity contribution in [1.82, 2.24) is 4.90 Å². The standard InChI is InChI=1S/C19H24N2O/c1-16(17-6-4-3-5-7-17)20-12-14-21(15-13-20)18-8-10-19(22-2)11-9-18/h3-11,16H,12-15H2,1-2H3. The summed E-state index contributed by atoms with van der Waals surface area (Å²) in [6.45, 7) is 6.65. The van der Waals surface area contributed by atoms with Crippen molar-refractivity contribution in [2.45, 2.75) is 13.0 Å². The van der Waals surface area contributed by atoms with Crippen molar-refractivity contribution in [2.24, 2.45) is 0 Å². The maximum atomic E-state index is 5.23. The average molecular weight is 296 g/mol. The van der Waals surface area contributed by atoms with Crippen LogP contribution in [-0.2, 0) is 0 Å². The first-order valence-electron chi connectivity index (χ1n) is 7.96. The maximum absolute atomic E-state index is 5.23. The van der Waals surface area contributed by atoms with Crippen molar-refractivity contribution in [1.29, 1.82) is 0 Å². The lowest BCUT2D eigenvalue weighted by Gasteiger charge is -2.39. The molecule has 0 bridgehead atoms. The molecule has 3 nitrogen and oxygen atoms in total.